The Morgan fingerprint density at radius 2 is 2.24 bits per heavy atom. The van der Waals surface area contributed by atoms with E-state index in [1.807, 2.05) is 0 Å². The van der Waals surface area contributed by atoms with Gasteiger partial charge in [0.25, 0.3) is 0 Å². The van der Waals surface area contributed by atoms with Gasteiger partial charge in [-0.3, -0.25) is 0 Å². The first-order chi connectivity index (χ1) is 8.19. The molecule has 5 nitrogen and oxygen atoms in total. The van der Waals surface area contributed by atoms with Crippen molar-refractivity contribution < 1.29 is 19.4 Å². The van der Waals surface area contributed by atoms with E-state index in [9.17, 15) is 4.79 Å². The standard InChI is InChI=1S/C11H11NO4S/c1-15-7-3-6(11(14)16-2)4-8-10(7)12-9(5-13)17-8/h3-4,13H,5H2,1-2H3. The van der Waals surface area contributed by atoms with E-state index in [-0.39, 0.29) is 6.61 Å². The summed E-state index contributed by atoms with van der Waals surface area (Å²) in [5.74, 6) is 0.0722. The second-order valence-electron chi connectivity index (χ2n) is 3.28. The lowest BCUT2D eigenvalue weighted by molar-refractivity contribution is 0.0600. The Morgan fingerprint density at radius 1 is 1.47 bits per heavy atom. The second kappa shape index (κ2) is 4.68. The van der Waals surface area contributed by atoms with E-state index < -0.39 is 5.97 Å². The average molecular weight is 253 g/mol. The van der Waals surface area contributed by atoms with Crippen LogP contribution in [0.4, 0.5) is 0 Å². The monoisotopic (exact) mass is 253 g/mol. The largest absolute Gasteiger partial charge is 0.494 e. The highest BCUT2D eigenvalue weighted by Gasteiger charge is 2.14. The Morgan fingerprint density at radius 3 is 2.82 bits per heavy atom. The summed E-state index contributed by atoms with van der Waals surface area (Å²) >= 11 is 1.32. The molecule has 0 aliphatic heterocycles. The van der Waals surface area contributed by atoms with E-state index in [2.05, 4.69) is 9.72 Å². The molecule has 0 radical (unpaired) electrons. The molecule has 6 heteroatoms. The summed E-state index contributed by atoms with van der Waals surface area (Å²) in [5, 5.41) is 9.63. The molecular formula is C11H11NO4S. The fourth-order valence-corrected chi connectivity index (χ4v) is 2.39. The fraction of sp³-hybridized carbons (Fsp3) is 0.273. The number of aliphatic hydroxyl groups is 1. The van der Waals surface area contributed by atoms with Gasteiger partial charge in [0.15, 0.2) is 0 Å². The van der Waals surface area contributed by atoms with Crippen molar-refractivity contribution >= 4 is 27.5 Å². The van der Waals surface area contributed by atoms with Crippen LogP contribution in [0.3, 0.4) is 0 Å². The van der Waals surface area contributed by atoms with E-state index in [0.29, 0.717) is 21.8 Å². The number of esters is 1. The van der Waals surface area contributed by atoms with Crippen molar-refractivity contribution in [3.05, 3.63) is 22.7 Å². The predicted molar refractivity (Wildman–Crippen MR) is 63.4 cm³/mol. The first-order valence-electron chi connectivity index (χ1n) is 4.86. The number of rotatable bonds is 3. The molecule has 0 saturated heterocycles. The van der Waals surface area contributed by atoms with Crippen molar-refractivity contribution in [1.29, 1.82) is 0 Å². The van der Waals surface area contributed by atoms with Gasteiger partial charge in [0, 0.05) is 0 Å². The number of hydrogen-bond acceptors (Lipinski definition) is 6. The van der Waals surface area contributed by atoms with Crippen LogP contribution < -0.4 is 4.74 Å². The second-order valence-corrected chi connectivity index (χ2v) is 4.40. The normalized spacial score (nSPS) is 10.5. The zero-order chi connectivity index (χ0) is 12.4. The van der Waals surface area contributed by atoms with Crippen LogP contribution in [-0.2, 0) is 11.3 Å². The van der Waals surface area contributed by atoms with Gasteiger partial charge in [-0.25, -0.2) is 9.78 Å². The van der Waals surface area contributed by atoms with E-state index in [1.165, 1.54) is 25.6 Å². The van der Waals surface area contributed by atoms with E-state index >= 15 is 0 Å². The number of aliphatic hydroxyl groups excluding tert-OH is 1. The highest BCUT2D eigenvalue weighted by molar-refractivity contribution is 7.18. The number of methoxy groups -OCH3 is 2. The lowest BCUT2D eigenvalue weighted by atomic mass is 10.2. The van der Waals surface area contributed by atoms with Crippen LogP contribution in [0, 0.1) is 0 Å². The number of carbonyl (C=O) groups excluding carboxylic acids is 1. The minimum absolute atomic E-state index is 0.129. The van der Waals surface area contributed by atoms with Gasteiger partial charge in [-0.15, -0.1) is 11.3 Å². The lowest BCUT2D eigenvalue weighted by Crippen LogP contribution is -2.01. The zero-order valence-corrected chi connectivity index (χ0v) is 10.2. The quantitative estimate of drug-likeness (QED) is 0.841. The Kier molecular flexibility index (Phi) is 3.26. The van der Waals surface area contributed by atoms with Gasteiger partial charge in [-0.1, -0.05) is 0 Å². The van der Waals surface area contributed by atoms with Crippen molar-refractivity contribution in [2.24, 2.45) is 0 Å². The third-order valence-corrected chi connectivity index (χ3v) is 3.27. The minimum Gasteiger partial charge on any atom is -0.494 e. The lowest BCUT2D eigenvalue weighted by Gasteiger charge is -2.03. The van der Waals surface area contributed by atoms with Crippen LogP contribution in [0.25, 0.3) is 10.2 Å². The van der Waals surface area contributed by atoms with Gasteiger partial charge in [0.1, 0.15) is 16.3 Å². The third-order valence-electron chi connectivity index (χ3n) is 2.28. The van der Waals surface area contributed by atoms with E-state index in [0.717, 1.165) is 4.70 Å². The molecule has 1 heterocycles. The number of aromatic nitrogens is 1. The molecule has 0 aliphatic carbocycles. The topological polar surface area (TPSA) is 68.7 Å². The van der Waals surface area contributed by atoms with Gasteiger partial charge in [0.05, 0.1) is 31.1 Å². The average Bonchev–Trinajstić information content (AvgIpc) is 2.79. The van der Waals surface area contributed by atoms with Gasteiger partial charge < -0.3 is 14.6 Å². The van der Waals surface area contributed by atoms with Gasteiger partial charge in [-0.2, -0.15) is 0 Å². The molecule has 1 aromatic heterocycles. The summed E-state index contributed by atoms with van der Waals surface area (Å²) in [6, 6.07) is 3.26. The van der Waals surface area contributed by atoms with Gasteiger partial charge >= 0.3 is 5.97 Å². The maximum atomic E-state index is 11.5. The number of thiazole rings is 1. The number of carbonyl (C=O) groups is 1. The van der Waals surface area contributed by atoms with Crippen molar-refractivity contribution in [2.75, 3.05) is 14.2 Å². The number of fused-ring (bicyclic) bond motifs is 1. The molecule has 2 aromatic rings. The van der Waals surface area contributed by atoms with Crippen molar-refractivity contribution in [2.45, 2.75) is 6.61 Å². The molecule has 0 fully saturated rings. The van der Waals surface area contributed by atoms with Crippen LogP contribution in [0.15, 0.2) is 12.1 Å². The zero-order valence-electron chi connectivity index (χ0n) is 9.39. The number of hydrogen-bond donors (Lipinski definition) is 1. The fourth-order valence-electron chi connectivity index (χ4n) is 1.50. The summed E-state index contributed by atoms with van der Waals surface area (Å²) in [6.45, 7) is -0.129. The van der Waals surface area contributed by atoms with Crippen LogP contribution >= 0.6 is 11.3 Å². The van der Waals surface area contributed by atoms with Crippen LogP contribution in [0.2, 0.25) is 0 Å². The summed E-state index contributed by atoms with van der Waals surface area (Å²) in [4.78, 5) is 15.7. The molecule has 2 rings (SSSR count). The van der Waals surface area contributed by atoms with Crippen molar-refractivity contribution in [3.8, 4) is 5.75 Å². The third kappa shape index (κ3) is 2.09. The first-order valence-corrected chi connectivity index (χ1v) is 5.68. The molecule has 0 unspecified atom stereocenters. The van der Waals surface area contributed by atoms with Crippen LogP contribution in [-0.4, -0.2) is 30.3 Å². The van der Waals surface area contributed by atoms with Crippen molar-refractivity contribution in [1.82, 2.24) is 4.98 Å². The van der Waals surface area contributed by atoms with E-state index in [4.69, 9.17) is 9.84 Å². The molecule has 0 spiro atoms. The molecule has 90 valence electrons. The molecule has 0 atom stereocenters. The Labute approximate surface area is 102 Å². The Bertz CT molecular complexity index is 564. The molecule has 0 saturated carbocycles. The number of nitrogens with zero attached hydrogens (tertiary/aromatic N) is 1. The molecule has 0 aliphatic rings. The van der Waals surface area contributed by atoms with E-state index in [1.54, 1.807) is 12.1 Å². The molecule has 1 N–H and O–H groups in total. The predicted octanol–water partition coefficient (Wildman–Crippen LogP) is 1.58. The summed E-state index contributed by atoms with van der Waals surface area (Å²) in [7, 11) is 2.83. The molecule has 17 heavy (non-hydrogen) atoms. The Balaban J connectivity index is 2.64. The van der Waals surface area contributed by atoms with Gasteiger partial charge in [0.2, 0.25) is 0 Å². The minimum atomic E-state index is -0.427. The molecule has 0 amide bonds. The van der Waals surface area contributed by atoms with Gasteiger partial charge in [-0.05, 0) is 12.1 Å². The van der Waals surface area contributed by atoms with Crippen LogP contribution in [0.1, 0.15) is 15.4 Å². The SMILES string of the molecule is COC(=O)c1cc(OC)c2nc(CO)sc2c1. The van der Waals surface area contributed by atoms with Crippen molar-refractivity contribution in [3.63, 3.8) is 0 Å². The Hall–Kier alpha value is -1.66. The molecule has 0 bridgehead atoms. The maximum Gasteiger partial charge on any atom is 0.338 e. The highest BCUT2D eigenvalue weighted by atomic mass is 32.1. The number of ether oxygens (including phenoxy) is 2. The summed E-state index contributed by atoms with van der Waals surface area (Å²) in [6.07, 6.45) is 0. The summed E-state index contributed by atoms with van der Waals surface area (Å²) < 4.78 is 10.6. The molecule has 1 aromatic carbocycles. The van der Waals surface area contributed by atoms with Crippen LogP contribution in [0.5, 0.6) is 5.75 Å². The molecular weight excluding hydrogens is 242 g/mol. The smallest absolute Gasteiger partial charge is 0.338 e. The maximum absolute atomic E-state index is 11.5. The summed E-state index contributed by atoms with van der Waals surface area (Å²) in [5.41, 5.74) is 1.05. The highest BCUT2D eigenvalue weighted by Crippen LogP contribution is 2.31. The number of benzene rings is 1. The first kappa shape index (κ1) is 11.8.